The molecule has 2 heterocycles. The number of carboxylic acids is 1. The number of fused-ring (bicyclic) bond motifs is 1. The van der Waals surface area contributed by atoms with Gasteiger partial charge >= 0.3 is 5.97 Å². The largest absolute Gasteiger partial charge is 0.480 e. The Hall–Kier alpha value is -4.13. The van der Waals surface area contributed by atoms with Crippen LogP contribution >= 0.6 is 0 Å². The fraction of sp³-hybridized carbons (Fsp3) is 0.250. The summed E-state index contributed by atoms with van der Waals surface area (Å²) in [5.74, 6) is -0.204. The minimum Gasteiger partial charge on any atom is -0.480 e. The highest BCUT2D eigenvalue weighted by molar-refractivity contribution is 5.97. The molecule has 0 saturated carbocycles. The third-order valence-corrected chi connectivity index (χ3v) is 5.75. The van der Waals surface area contributed by atoms with Crippen LogP contribution in [0.1, 0.15) is 41.0 Å². The number of benzene rings is 2. The standard InChI is InChI=1S/C28H30N4O3/c1-19(2)15-23-26(29-18-21-11-7-4-8-12-21)32-14-13-22(17-25(32)30-23)27(33)31-24(28(34)35)16-20-9-5-3-6-10-20/h3-14,17,19,24,29H,15-16,18H2,1-2H3,(H,31,33)(H,34,35). The van der Waals surface area contributed by atoms with E-state index in [0.717, 1.165) is 29.1 Å². The van der Waals surface area contributed by atoms with Gasteiger partial charge in [-0.15, -0.1) is 0 Å². The zero-order valence-electron chi connectivity index (χ0n) is 19.9. The zero-order valence-corrected chi connectivity index (χ0v) is 19.9. The molecule has 180 valence electrons. The first-order valence-corrected chi connectivity index (χ1v) is 11.8. The lowest BCUT2D eigenvalue weighted by Crippen LogP contribution is -2.42. The lowest BCUT2D eigenvalue weighted by molar-refractivity contribution is -0.139. The Morgan fingerprint density at radius 1 is 0.943 bits per heavy atom. The fourth-order valence-corrected chi connectivity index (χ4v) is 4.02. The summed E-state index contributed by atoms with van der Waals surface area (Å²) in [7, 11) is 0. The summed E-state index contributed by atoms with van der Waals surface area (Å²) in [6.07, 6.45) is 2.81. The normalized spacial score (nSPS) is 12.0. The number of carbonyl (C=O) groups is 2. The Morgan fingerprint density at radius 3 is 2.23 bits per heavy atom. The number of carbonyl (C=O) groups excluding carboxylic acids is 1. The van der Waals surface area contributed by atoms with Crippen LogP contribution in [0.5, 0.6) is 0 Å². The topological polar surface area (TPSA) is 95.7 Å². The minimum atomic E-state index is -1.07. The second-order valence-corrected chi connectivity index (χ2v) is 9.04. The van der Waals surface area contributed by atoms with Gasteiger partial charge < -0.3 is 15.7 Å². The molecule has 7 heteroatoms. The van der Waals surface area contributed by atoms with Crippen LogP contribution in [0, 0.1) is 5.92 Å². The highest BCUT2D eigenvalue weighted by Gasteiger charge is 2.22. The average molecular weight is 471 g/mol. The number of aromatic nitrogens is 2. The van der Waals surface area contributed by atoms with Crippen molar-refractivity contribution in [1.29, 1.82) is 0 Å². The Morgan fingerprint density at radius 2 is 1.60 bits per heavy atom. The summed E-state index contributed by atoms with van der Waals surface area (Å²) in [6, 6.07) is 21.8. The van der Waals surface area contributed by atoms with Crippen molar-refractivity contribution in [1.82, 2.24) is 14.7 Å². The molecular formula is C28H30N4O3. The number of amides is 1. The molecule has 0 aliphatic heterocycles. The number of pyridine rings is 1. The number of nitrogens with one attached hydrogen (secondary N) is 2. The number of imidazole rings is 1. The van der Waals surface area contributed by atoms with Crippen LogP contribution in [0.2, 0.25) is 0 Å². The molecule has 1 unspecified atom stereocenters. The highest BCUT2D eigenvalue weighted by Crippen LogP contribution is 2.23. The van der Waals surface area contributed by atoms with Gasteiger partial charge in [-0.1, -0.05) is 74.5 Å². The number of nitrogens with zero attached hydrogens (tertiary/aromatic N) is 2. The van der Waals surface area contributed by atoms with Gasteiger partial charge in [-0.25, -0.2) is 9.78 Å². The third kappa shape index (κ3) is 6.06. The second-order valence-electron chi connectivity index (χ2n) is 9.04. The highest BCUT2D eigenvalue weighted by atomic mass is 16.4. The van der Waals surface area contributed by atoms with Crippen molar-refractivity contribution in [3.8, 4) is 0 Å². The van der Waals surface area contributed by atoms with Gasteiger partial charge in [-0.2, -0.15) is 0 Å². The van der Waals surface area contributed by atoms with E-state index in [0.29, 0.717) is 23.7 Å². The molecule has 1 atom stereocenters. The number of aliphatic carboxylic acids is 1. The molecule has 1 amide bonds. The molecule has 0 spiro atoms. The maximum atomic E-state index is 12.9. The average Bonchev–Trinajstić information content (AvgIpc) is 3.18. The van der Waals surface area contributed by atoms with Crippen LogP contribution in [-0.4, -0.2) is 32.4 Å². The van der Waals surface area contributed by atoms with Crippen LogP contribution in [-0.2, 0) is 24.2 Å². The van der Waals surface area contributed by atoms with E-state index < -0.39 is 17.9 Å². The molecule has 0 fully saturated rings. The summed E-state index contributed by atoms with van der Waals surface area (Å²) >= 11 is 0. The molecular weight excluding hydrogens is 440 g/mol. The Balaban J connectivity index is 1.56. The molecule has 4 aromatic rings. The van der Waals surface area contributed by atoms with Gasteiger partial charge in [-0.3, -0.25) is 9.20 Å². The van der Waals surface area contributed by atoms with E-state index in [1.165, 1.54) is 0 Å². The number of hydrogen-bond acceptors (Lipinski definition) is 4. The summed E-state index contributed by atoms with van der Waals surface area (Å²) in [5, 5.41) is 15.8. The summed E-state index contributed by atoms with van der Waals surface area (Å²) in [6.45, 7) is 4.94. The van der Waals surface area contributed by atoms with Crippen LogP contribution in [0.15, 0.2) is 79.0 Å². The zero-order chi connectivity index (χ0) is 24.8. The molecule has 0 saturated heterocycles. The van der Waals surface area contributed by atoms with E-state index in [9.17, 15) is 14.7 Å². The van der Waals surface area contributed by atoms with Gasteiger partial charge in [0.2, 0.25) is 0 Å². The van der Waals surface area contributed by atoms with Crippen LogP contribution in [0.4, 0.5) is 5.82 Å². The van der Waals surface area contributed by atoms with Crippen molar-refractivity contribution < 1.29 is 14.7 Å². The van der Waals surface area contributed by atoms with E-state index >= 15 is 0 Å². The maximum absolute atomic E-state index is 12.9. The quantitative estimate of drug-likeness (QED) is 0.316. The lowest BCUT2D eigenvalue weighted by Gasteiger charge is -2.15. The van der Waals surface area contributed by atoms with E-state index in [4.69, 9.17) is 4.98 Å². The van der Waals surface area contributed by atoms with Crippen molar-refractivity contribution in [2.24, 2.45) is 5.92 Å². The van der Waals surface area contributed by atoms with Crippen LogP contribution < -0.4 is 10.6 Å². The molecule has 2 aromatic heterocycles. The van der Waals surface area contributed by atoms with E-state index in [1.807, 2.05) is 52.9 Å². The van der Waals surface area contributed by atoms with Gasteiger partial charge in [0.25, 0.3) is 5.91 Å². The lowest BCUT2D eigenvalue weighted by atomic mass is 10.1. The first-order valence-electron chi connectivity index (χ1n) is 11.8. The first kappa shape index (κ1) is 24.0. The summed E-state index contributed by atoms with van der Waals surface area (Å²) < 4.78 is 1.94. The molecule has 35 heavy (non-hydrogen) atoms. The minimum absolute atomic E-state index is 0.208. The smallest absolute Gasteiger partial charge is 0.326 e. The molecule has 3 N–H and O–H groups in total. The number of anilines is 1. The third-order valence-electron chi connectivity index (χ3n) is 5.75. The molecule has 0 aliphatic rings. The Labute approximate surface area is 204 Å². The van der Waals surface area contributed by atoms with Crippen molar-refractivity contribution >= 4 is 23.3 Å². The molecule has 0 aliphatic carbocycles. The fourth-order valence-electron chi connectivity index (χ4n) is 4.02. The SMILES string of the molecule is CC(C)Cc1nc2cc(C(=O)NC(Cc3ccccc3)C(=O)O)ccn2c1NCc1ccccc1. The first-order chi connectivity index (χ1) is 16.9. The van der Waals surface area contributed by atoms with Gasteiger partial charge in [-0.05, 0) is 35.6 Å². The maximum Gasteiger partial charge on any atom is 0.326 e. The van der Waals surface area contributed by atoms with Gasteiger partial charge in [0, 0.05) is 24.7 Å². The van der Waals surface area contributed by atoms with Crippen molar-refractivity contribution in [3.05, 3.63) is 101 Å². The number of carboxylic acid groups (broad SMARTS) is 1. The molecule has 0 bridgehead atoms. The van der Waals surface area contributed by atoms with Crippen LogP contribution in [0.25, 0.3) is 5.65 Å². The van der Waals surface area contributed by atoms with Gasteiger partial charge in [0.1, 0.15) is 17.5 Å². The number of hydrogen-bond donors (Lipinski definition) is 3. The predicted molar refractivity (Wildman–Crippen MR) is 137 cm³/mol. The van der Waals surface area contributed by atoms with E-state index in [2.05, 4.69) is 36.6 Å². The molecule has 4 rings (SSSR count). The monoisotopic (exact) mass is 470 g/mol. The van der Waals surface area contributed by atoms with Gasteiger partial charge in [0.15, 0.2) is 0 Å². The second kappa shape index (κ2) is 10.9. The Kier molecular flexibility index (Phi) is 7.45. The van der Waals surface area contributed by atoms with Crippen molar-refractivity contribution in [2.75, 3.05) is 5.32 Å². The Bertz CT molecular complexity index is 1300. The van der Waals surface area contributed by atoms with Crippen LogP contribution in [0.3, 0.4) is 0 Å². The summed E-state index contributed by atoms with van der Waals surface area (Å²) in [4.78, 5) is 29.5. The molecule has 2 aromatic carbocycles. The summed E-state index contributed by atoms with van der Waals surface area (Å²) in [5.41, 5.74) is 3.94. The predicted octanol–water partition coefficient (Wildman–Crippen LogP) is 4.57. The van der Waals surface area contributed by atoms with E-state index in [-0.39, 0.29) is 6.42 Å². The molecule has 7 nitrogen and oxygen atoms in total. The van der Waals surface area contributed by atoms with Gasteiger partial charge in [0.05, 0.1) is 5.69 Å². The number of rotatable bonds is 10. The molecule has 0 radical (unpaired) electrons. The van der Waals surface area contributed by atoms with Crippen molar-refractivity contribution in [2.45, 2.75) is 39.3 Å². The van der Waals surface area contributed by atoms with E-state index in [1.54, 1.807) is 18.3 Å². The van der Waals surface area contributed by atoms with Crippen molar-refractivity contribution in [3.63, 3.8) is 0 Å².